The number of aromatic amines is 1. The fraction of sp³-hybridized carbons (Fsp3) is 0.750. The van der Waals surface area contributed by atoms with Gasteiger partial charge >= 0.3 is 0 Å². The second kappa shape index (κ2) is 3.48. The zero-order chi connectivity index (χ0) is 11.2. The van der Waals surface area contributed by atoms with Gasteiger partial charge in [0.25, 0.3) is 0 Å². The van der Waals surface area contributed by atoms with Crippen LogP contribution in [-0.2, 0) is 11.8 Å². The Morgan fingerprint density at radius 1 is 1.44 bits per heavy atom. The average molecular weight is 220 g/mol. The second-order valence-electron chi connectivity index (χ2n) is 5.64. The molecule has 4 heteroatoms. The molecule has 1 fully saturated rings. The minimum absolute atomic E-state index is 0.274. The molecule has 0 saturated carbocycles. The highest BCUT2D eigenvalue weighted by molar-refractivity contribution is 5.52. The number of fused-ring (bicyclic) bond motifs is 1. The molecule has 0 radical (unpaired) electrons. The van der Waals surface area contributed by atoms with E-state index in [9.17, 15) is 0 Å². The molecular formula is C12H20N4. The van der Waals surface area contributed by atoms with Crippen LogP contribution in [0.5, 0.6) is 0 Å². The monoisotopic (exact) mass is 220 g/mol. The first-order valence-corrected chi connectivity index (χ1v) is 6.22. The molecule has 0 aromatic carbocycles. The van der Waals surface area contributed by atoms with E-state index in [4.69, 9.17) is 0 Å². The normalized spacial score (nSPS) is 27.0. The molecule has 3 rings (SSSR count). The molecule has 0 bridgehead atoms. The average Bonchev–Trinajstić information content (AvgIpc) is 2.89. The van der Waals surface area contributed by atoms with Gasteiger partial charge in [0.05, 0.1) is 0 Å². The van der Waals surface area contributed by atoms with Crippen LogP contribution >= 0.6 is 0 Å². The zero-order valence-corrected chi connectivity index (χ0v) is 10.1. The first-order valence-electron chi connectivity index (χ1n) is 6.22. The van der Waals surface area contributed by atoms with Crippen LogP contribution in [0.4, 0.5) is 5.82 Å². The van der Waals surface area contributed by atoms with Gasteiger partial charge in [0.2, 0.25) is 0 Å². The zero-order valence-electron chi connectivity index (χ0n) is 10.1. The van der Waals surface area contributed by atoms with Gasteiger partial charge in [-0.3, -0.25) is 5.10 Å². The predicted molar refractivity (Wildman–Crippen MR) is 64.8 cm³/mol. The predicted octanol–water partition coefficient (Wildman–Crippen LogP) is 1.41. The Bertz CT molecular complexity index is 388. The van der Waals surface area contributed by atoms with Crippen LogP contribution in [0.1, 0.15) is 37.9 Å². The van der Waals surface area contributed by atoms with E-state index >= 15 is 0 Å². The minimum atomic E-state index is 0.274. The SMILES string of the molecule is CC1(C)CCc2c(NC3CCNC3)n[nH]c21. The van der Waals surface area contributed by atoms with Crippen molar-refractivity contribution in [3.63, 3.8) is 0 Å². The number of hydrogen-bond donors (Lipinski definition) is 3. The van der Waals surface area contributed by atoms with Crippen molar-refractivity contribution in [3.8, 4) is 0 Å². The fourth-order valence-electron chi connectivity index (χ4n) is 2.82. The van der Waals surface area contributed by atoms with Gasteiger partial charge in [0, 0.05) is 29.3 Å². The maximum Gasteiger partial charge on any atom is 0.151 e. The van der Waals surface area contributed by atoms with Gasteiger partial charge in [0.1, 0.15) is 0 Å². The first kappa shape index (κ1) is 10.1. The summed E-state index contributed by atoms with van der Waals surface area (Å²) >= 11 is 0. The molecule has 1 saturated heterocycles. The molecule has 4 nitrogen and oxygen atoms in total. The molecule has 1 aliphatic carbocycles. The topological polar surface area (TPSA) is 52.7 Å². The number of hydrogen-bond acceptors (Lipinski definition) is 3. The van der Waals surface area contributed by atoms with E-state index < -0.39 is 0 Å². The minimum Gasteiger partial charge on any atom is -0.364 e. The Kier molecular flexibility index (Phi) is 2.21. The number of H-pyrrole nitrogens is 1. The highest BCUT2D eigenvalue weighted by Crippen LogP contribution is 2.40. The van der Waals surface area contributed by atoms with Crippen molar-refractivity contribution in [1.29, 1.82) is 0 Å². The molecule has 1 atom stereocenters. The Balaban J connectivity index is 1.82. The summed E-state index contributed by atoms with van der Waals surface area (Å²) in [4.78, 5) is 0. The molecule has 0 spiro atoms. The highest BCUT2D eigenvalue weighted by atomic mass is 15.2. The van der Waals surface area contributed by atoms with Crippen LogP contribution in [0, 0.1) is 0 Å². The third-order valence-electron chi connectivity index (χ3n) is 3.95. The number of aromatic nitrogens is 2. The lowest BCUT2D eigenvalue weighted by Crippen LogP contribution is -2.22. The van der Waals surface area contributed by atoms with Gasteiger partial charge in [-0.05, 0) is 25.8 Å². The van der Waals surface area contributed by atoms with Crippen molar-refractivity contribution >= 4 is 5.82 Å². The summed E-state index contributed by atoms with van der Waals surface area (Å²) < 4.78 is 0. The third kappa shape index (κ3) is 1.52. The number of anilines is 1. The van der Waals surface area contributed by atoms with E-state index in [0.29, 0.717) is 6.04 Å². The molecule has 0 amide bonds. The molecule has 16 heavy (non-hydrogen) atoms. The lowest BCUT2D eigenvalue weighted by Gasteiger charge is -2.15. The first-order chi connectivity index (χ1) is 7.67. The molecule has 2 heterocycles. The summed E-state index contributed by atoms with van der Waals surface area (Å²) in [5.41, 5.74) is 3.02. The maximum atomic E-state index is 4.43. The molecular weight excluding hydrogens is 200 g/mol. The van der Waals surface area contributed by atoms with Gasteiger partial charge in [-0.25, -0.2) is 0 Å². The number of nitrogens with one attached hydrogen (secondary N) is 3. The van der Waals surface area contributed by atoms with Crippen LogP contribution in [0.25, 0.3) is 0 Å². The molecule has 3 N–H and O–H groups in total. The van der Waals surface area contributed by atoms with Crippen LogP contribution in [0.2, 0.25) is 0 Å². The van der Waals surface area contributed by atoms with Crippen LogP contribution in [0.15, 0.2) is 0 Å². The molecule has 1 aliphatic heterocycles. The summed E-state index contributed by atoms with van der Waals surface area (Å²) in [5, 5.41) is 14.6. The van der Waals surface area contributed by atoms with Crippen molar-refractivity contribution in [3.05, 3.63) is 11.3 Å². The van der Waals surface area contributed by atoms with Crippen molar-refractivity contribution in [2.45, 2.75) is 44.6 Å². The van der Waals surface area contributed by atoms with E-state index in [1.807, 2.05) is 0 Å². The van der Waals surface area contributed by atoms with E-state index in [0.717, 1.165) is 25.3 Å². The van der Waals surface area contributed by atoms with E-state index in [1.165, 1.54) is 24.1 Å². The summed E-state index contributed by atoms with van der Waals surface area (Å²) in [6.45, 7) is 6.76. The number of rotatable bonds is 2. The van der Waals surface area contributed by atoms with Crippen LogP contribution < -0.4 is 10.6 Å². The Morgan fingerprint density at radius 2 is 2.31 bits per heavy atom. The summed E-state index contributed by atoms with van der Waals surface area (Å²) in [6.07, 6.45) is 3.58. The summed E-state index contributed by atoms with van der Waals surface area (Å²) in [6, 6.07) is 0.552. The smallest absolute Gasteiger partial charge is 0.151 e. The van der Waals surface area contributed by atoms with Crippen molar-refractivity contribution in [1.82, 2.24) is 15.5 Å². The quantitative estimate of drug-likeness (QED) is 0.706. The molecule has 1 unspecified atom stereocenters. The van der Waals surface area contributed by atoms with Gasteiger partial charge in [-0.15, -0.1) is 0 Å². The second-order valence-corrected chi connectivity index (χ2v) is 5.64. The van der Waals surface area contributed by atoms with Crippen molar-refractivity contribution in [2.75, 3.05) is 18.4 Å². The maximum absolute atomic E-state index is 4.43. The van der Waals surface area contributed by atoms with Gasteiger partial charge < -0.3 is 10.6 Å². The van der Waals surface area contributed by atoms with Crippen LogP contribution in [-0.4, -0.2) is 29.3 Å². The van der Waals surface area contributed by atoms with Gasteiger partial charge in [0.15, 0.2) is 5.82 Å². The third-order valence-corrected chi connectivity index (χ3v) is 3.95. The molecule has 1 aromatic heterocycles. The number of nitrogens with zero attached hydrogens (tertiary/aromatic N) is 1. The molecule has 88 valence electrons. The van der Waals surface area contributed by atoms with E-state index in [-0.39, 0.29) is 5.41 Å². The highest BCUT2D eigenvalue weighted by Gasteiger charge is 2.34. The standard InChI is InChI=1S/C12H20N4/c1-12(2)5-3-9-10(12)15-16-11(9)14-8-4-6-13-7-8/h8,13H,3-7H2,1-2H3,(H2,14,15,16). The summed E-state index contributed by atoms with van der Waals surface area (Å²) in [7, 11) is 0. The van der Waals surface area contributed by atoms with Crippen molar-refractivity contribution < 1.29 is 0 Å². The van der Waals surface area contributed by atoms with Crippen LogP contribution in [0.3, 0.4) is 0 Å². The van der Waals surface area contributed by atoms with Crippen molar-refractivity contribution in [2.24, 2.45) is 0 Å². The lowest BCUT2D eigenvalue weighted by molar-refractivity contribution is 0.504. The van der Waals surface area contributed by atoms with Gasteiger partial charge in [-0.1, -0.05) is 13.8 Å². The Hall–Kier alpha value is -1.03. The fourth-order valence-corrected chi connectivity index (χ4v) is 2.82. The largest absolute Gasteiger partial charge is 0.364 e. The Morgan fingerprint density at radius 3 is 3.06 bits per heavy atom. The van der Waals surface area contributed by atoms with E-state index in [1.54, 1.807) is 0 Å². The van der Waals surface area contributed by atoms with E-state index in [2.05, 4.69) is 34.7 Å². The molecule has 2 aliphatic rings. The summed E-state index contributed by atoms with van der Waals surface area (Å²) in [5.74, 6) is 1.09. The Labute approximate surface area is 96.2 Å². The van der Waals surface area contributed by atoms with Gasteiger partial charge in [-0.2, -0.15) is 5.10 Å². The lowest BCUT2D eigenvalue weighted by atomic mass is 9.91. The molecule has 1 aromatic rings.